The Hall–Kier alpha value is -0.940. The van der Waals surface area contributed by atoms with Gasteiger partial charge in [-0.15, -0.1) is 0 Å². The molecule has 0 spiro atoms. The van der Waals surface area contributed by atoms with Crippen molar-refractivity contribution < 1.29 is 5.11 Å². The Morgan fingerprint density at radius 2 is 1.77 bits per heavy atom. The minimum absolute atomic E-state index is 0.305. The van der Waals surface area contributed by atoms with Gasteiger partial charge in [-0.25, -0.2) is 0 Å². The zero-order valence-corrected chi connectivity index (χ0v) is 16.7. The van der Waals surface area contributed by atoms with E-state index >= 15 is 0 Å². The highest BCUT2D eigenvalue weighted by Crippen LogP contribution is 2.23. The van der Waals surface area contributed by atoms with Gasteiger partial charge in [-0.2, -0.15) is 0 Å². The lowest BCUT2D eigenvalue weighted by Gasteiger charge is -2.48. The Labute approximate surface area is 159 Å². The minimum atomic E-state index is 0.305. The number of rotatable bonds is 7. The first kappa shape index (κ1) is 19.8. The van der Waals surface area contributed by atoms with Crippen LogP contribution < -0.4 is 0 Å². The van der Waals surface area contributed by atoms with E-state index in [9.17, 15) is 5.11 Å². The van der Waals surface area contributed by atoms with Crippen LogP contribution >= 0.6 is 0 Å². The molecular weight excluding hydrogens is 322 g/mol. The van der Waals surface area contributed by atoms with Crippen molar-refractivity contribution in [3.05, 3.63) is 35.9 Å². The molecule has 4 nitrogen and oxygen atoms in total. The van der Waals surface area contributed by atoms with Gasteiger partial charge in [-0.3, -0.25) is 9.80 Å². The molecule has 2 fully saturated rings. The molecule has 0 aromatic heterocycles. The fraction of sp³-hybridized carbons (Fsp3) is 0.727. The minimum Gasteiger partial charge on any atom is -0.396 e. The van der Waals surface area contributed by atoms with Crippen molar-refractivity contribution in [3.8, 4) is 0 Å². The predicted molar refractivity (Wildman–Crippen MR) is 109 cm³/mol. The number of nitrogens with zero attached hydrogens (tertiary/aromatic N) is 3. The third kappa shape index (κ3) is 5.29. The second-order valence-corrected chi connectivity index (χ2v) is 8.30. The number of aliphatic hydroxyl groups is 1. The predicted octanol–water partition coefficient (Wildman–Crippen LogP) is 2.47. The van der Waals surface area contributed by atoms with Crippen LogP contribution in [0.15, 0.2) is 30.3 Å². The average molecular weight is 360 g/mol. The lowest BCUT2D eigenvalue weighted by atomic mass is 9.98. The summed E-state index contributed by atoms with van der Waals surface area (Å²) < 4.78 is 0. The number of hydrogen-bond donors (Lipinski definition) is 1. The first-order valence-electron chi connectivity index (χ1n) is 10.5. The van der Waals surface area contributed by atoms with E-state index in [2.05, 4.69) is 58.9 Å². The lowest BCUT2D eigenvalue weighted by molar-refractivity contribution is 0.00321. The normalized spacial score (nSPS) is 24.4. The van der Waals surface area contributed by atoms with Crippen LogP contribution in [-0.2, 0) is 6.42 Å². The second kappa shape index (κ2) is 9.84. The summed E-state index contributed by atoms with van der Waals surface area (Å²) in [5.74, 6) is 0. The van der Waals surface area contributed by atoms with Gasteiger partial charge in [0, 0.05) is 50.9 Å². The van der Waals surface area contributed by atoms with Crippen LogP contribution in [0.2, 0.25) is 0 Å². The fourth-order valence-electron chi connectivity index (χ4n) is 4.75. The van der Waals surface area contributed by atoms with Crippen LogP contribution in [0.25, 0.3) is 0 Å². The van der Waals surface area contributed by atoms with Crippen molar-refractivity contribution in [3.63, 3.8) is 0 Å². The highest BCUT2D eigenvalue weighted by atomic mass is 16.3. The Balaban J connectivity index is 1.44. The second-order valence-electron chi connectivity index (χ2n) is 8.30. The zero-order valence-electron chi connectivity index (χ0n) is 16.7. The number of piperazine rings is 1. The van der Waals surface area contributed by atoms with Gasteiger partial charge in [0.2, 0.25) is 0 Å². The zero-order chi connectivity index (χ0) is 18.4. The van der Waals surface area contributed by atoms with Gasteiger partial charge in [0.15, 0.2) is 0 Å². The van der Waals surface area contributed by atoms with Crippen molar-refractivity contribution in [2.24, 2.45) is 0 Å². The quantitative estimate of drug-likeness (QED) is 0.810. The third-order valence-corrected chi connectivity index (χ3v) is 6.32. The van der Waals surface area contributed by atoms with Crippen molar-refractivity contribution in [2.45, 2.75) is 57.7 Å². The molecule has 146 valence electrons. The summed E-state index contributed by atoms with van der Waals surface area (Å²) in [6.07, 6.45) is 4.66. The molecule has 2 aliphatic rings. The molecule has 26 heavy (non-hydrogen) atoms. The van der Waals surface area contributed by atoms with E-state index in [1.165, 1.54) is 44.6 Å². The SMILES string of the molecule is CC(C)N1CCN(C2CCN(CCc3ccccc3)CC2)CC1CCO. The van der Waals surface area contributed by atoms with Crippen LogP contribution in [0.1, 0.15) is 38.7 Å². The fourth-order valence-corrected chi connectivity index (χ4v) is 4.75. The van der Waals surface area contributed by atoms with Crippen LogP contribution in [0.3, 0.4) is 0 Å². The molecule has 2 saturated heterocycles. The summed E-state index contributed by atoms with van der Waals surface area (Å²) >= 11 is 0. The standard InChI is InChI=1S/C22H37N3O/c1-19(2)25-16-15-24(18-22(25)11-17-26)21-9-13-23(14-10-21)12-8-20-6-4-3-5-7-20/h3-7,19,21-22,26H,8-18H2,1-2H3. The van der Waals surface area contributed by atoms with E-state index in [1.54, 1.807) is 0 Å². The molecule has 0 radical (unpaired) electrons. The van der Waals surface area contributed by atoms with Crippen molar-refractivity contribution in [2.75, 3.05) is 45.9 Å². The summed E-state index contributed by atoms with van der Waals surface area (Å²) in [6.45, 7) is 12.0. The van der Waals surface area contributed by atoms with E-state index in [1.807, 2.05) is 0 Å². The third-order valence-electron chi connectivity index (χ3n) is 6.32. The van der Waals surface area contributed by atoms with E-state index in [4.69, 9.17) is 0 Å². The van der Waals surface area contributed by atoms with Gasteiger partial charge in [-0.1, -0.05) is 30.3 Å². The van der Waals surface area contributed by atoms with Gasteiger partial charge >= 0.3 is 0 Å². The van der Waals surface area contributed by atoms with Crippen LogP contribution in [0, 0.1) is 0 Å². The van der Waals surface area contributed by atoms with Gasteiger partial charge in [0.05, 0.1) is 0 Å². The summed E-state index contributed by atoms with van der Waals surface area (Å²) in [5.41, 5.74) is 1.45. The summed E-state index contributed by atoms with van der Waals surface area (Å²) in [5, 5.41) is 9.45. The lowest BCUT2D eigenvalue weighted by Crippen LogP contribution is -2.59. The topological polar surface area (TPSA) is 30.0 Å². The Morgan fingerprint density at radius 1 is 1.04 bits per heavy atom. The van der Waals surface area contributed by atoms with Gasteiger partial charge < -0.3 is 10.0 Å². The summed E-state index contributed by atoms with van der Waals surface area (Å²) in [7, 11) is 0. The van der Waals surface area contributed by atoms with Crippen molar-refractivity contribution in [1.82, 2.24) is 14.7 Å². The molecule has 1 unspecified atom stereocenters. The molecule has 2 heterocycles. The molecule has 1 atom stereocenters. The number of piperidine rings is 1. The monoisotopic (exact) mass is 359 g/mol. The molecule has 1 aromatic carbocycles. The first-order valence-corrected chi connectivity index (χ1v) is 10.5. The molecule has 0 aliphatic carbocycles. The number of benzene rings is 1. The molecule has 3 rings (SSSR count). The average Bonchev–Trinajstić information content (AvgIpc) is 2.67. The van der Waals surface area contributed by atoms with Gasteiger partial charge in [0.1, 0.15) is 0 Å². The highest BCUT2D eigenvalue weighted by Gasteiger charge is 2.33. The first-order chi connectivity index (χ1) is 12.7. The Bertz CT molecular complexity index is 513. The molecule has 2 aliphatic heterocycles. The maximum atomic E-state index is 9.45. The van der Waals surface area contributed by atoms with Crippen LogP contribution in [0.5, 0.6) is 0 Å². The molecule has 0 saturated carbocycles. The maximum Gasteiger partial charge on any atom is 0.0446 e. The number of likely N-dealkylation sites (tertiary alicyclic amines) is 1. The van der Waals surface area contributed by atoms with E-state index in [-0.39, 0.29) is 0 Å². The van der Waals surface area contributed by atoms with E-state index < -0.39 is 0 Å². The largest absolute Gasteiger partial charge is 0.396 e. The number of aliphatic hydroxyl groups excluding tert-OH is 1. The van der Waals surface area contributed by atoms with Gasteiger partial charge in [-0.05, 0) is 58.2 Å². The van der Waals surface area contributed by atoms with Crippen molar-refractivity contribution >= 4 is 0 Å². The van der Waals surface area contributed by atoms with E-state index in [0.717, 1.165) is 32.0 Å². The summed E-state index contributed by atoms with van der Waals surface area (Å²) in [6, 6.07) is 12.7. The van der Waals surface area contributed by atoms with E-state index in [0.29, 0.717) is 18.7 Å². The molecular formula is C22H37N3O. The number of hydrogen-bond acceptors (Lipinski definition) is 4. The van der Waals surface area contributed by atoms with Crippen molar-refractivity contribution in [1.29, 1.82) is 0 Å². The molecule has 0 bridgehead atoms. The van der Waals surface area contributed by atoms with Crippen LogP contribution in [0.4, 0.5) is 0 Å². The molecule has 4 heteroatoms. The Kier molecular flexibility index (Phi) is 7.50. The molecule has 1 N–H and O–H groups in total. The molecule has 0 amide bonds. The van der Waals surface area contributed by atoms with Crippen LogP contribution in [-0.4, -0.2) is 83.8 Å². The maximum absolute atomic E-state index is 9.45. The smallest absolute Gasteiger partial charge is 0.0446 e. The summed E-state index contributed by atoms with van der Waals surface area (Å²) in [4.78, 5) is 7.94. The Morgan fingerprint density at radius 3 is 2.42 bits per heavy atom. The molecule has 1 aromatic rings. The van der Waals surface area contributed by atoms with Gasteiger partial charge in [0.25, 0.3) is 0 Å². The highest BCUT2D eigenvalue weighted by molar-refractivity contribution is 5.14.